The first kappa shape index (κ1) is 15.8. The number of urea groups is 1. The van der Waals surface area contributed by atoms with Gasteiger partial charge in [0.05, 0.1) is 23.9 Å². The van der Waals surface area contributed by atoms with Crippen molar-refractivity contribution in [1.29, 1.82) is 0 Å². The molecule has 0 spiro atoms. The van der Waals surface area contributed by atoms with Crippen LogP contribution < -0.4 is 5.32 Å². The van der Waals surface area contributed by atoms with Gasteiger partial charge in [0, 0.05) is 13.1 Å². The summed E-state index contributed by atoms with van der Waals surface area (Å²) in [6, 6.07) is 1.44. The van der Waals surface area contributed by atoms with E-state index in [1.807, 2.05) is 21.7 Å². The van der Waals surface area contributed by atoms with E-state index < -0.39 is 0 Å². The van der Waals surface area contributed by atoms with Gasteiger partial charge in [0.2, 0.25) is 0 Å². The number of amides is 3. The van der Waals surface area contributed by atoms with Crippen molar-refractivity contribution in [3.05, 3.63) is 46.3 Å². The number of thiophene rings is 1. The minimum atomic E-state index is -0.352. The molecule has 0 fully saturated rings. The lowest BCUT2D eigenvalue weighted by Gasteiger charge is -2.32. The summed E-state index contributed by atoms with van der Waals surface area (Å²) in [5.41, 5.74) is 2.48. The second-order valence-corrected chi connectivity index (χ2v) is 7.06. The van der Waals surface area contributed by atoms with Crippen molar-refractivity contribution in [1.82, 2.24) is 15.1 Å². The molecule has 3 heterocycles. The Labute approximate surface area is 140 Å². The molecule has 3 amide bonds. The molecule has 0 aliphatic carbocycles. The molecule has 0 radical (unpaired) electrons. The first-order valence-corrected chi connectivity index (χ1v) is 8.70. The van der Waals surface area contributed by atoms with Crippen LogP contribution in [0.4, 0.5) is 4.79 Å². The summed E-state index contributed by atoms with van der Waals surface area (Å²) in [7, 11) is 0. The summed E-state index contributed by atoms with van der Waals surface area (Å²) in [6.45, 7) is 9.49. The van der Waals surface area contributed by atoms with Gasteiger partial charge in [0.15, 0.2) is 0 Å². The minimum Gasteiger partial charge on any atom is -0.333 e. The molecule has 2 aliphatic rings. The van der Waals surface area contributed by atoms with Gasteiger partial charge in [-0.1, -0.05) is 19.9 Å². The summed E-state index contributed by atoms with van der Waals surface area (Å²) in [4.78, 5) is 28.8. The van der Waals surface area contributed by atoms with E-state index >= 15 is 0 Å². The van der Waals surface area contributed by atoms with Gasteiger partial charge in [-0.15, -0.1) is 6.58 Å². The zero-order valence-corrected chi connectivity index (χ0v) is 14.2. The van der Waals surface area contributed by atoms with Gasteiger partial charge in [0.1, 0.15) is 0 Å². The van der Waals surface area contributed by atoms with Crippen LogP contribution in [0.3, 0.4) is 0 Å². The van der Waals surface area contributed by atoms with E-state index in [-0.39, 0.29) is 18.0 Å². The molecule has 1 aromatic rings. The normalized spacial score (nSPS) is 21.1. The first-order valence-electron chi connectivity index (χ1n) is 7.76. The second kappa shape index (κ2) is 6.20. The average molecular weight is 331 g/mol. The van der Waals surface area contributed by atoms with Crippen LogP contribution in [0.1, 0.15) is 25.5 Å². The Balaban J connectivity index is 2.01. The largest absolute Gasteiger partial charge is 0.333 e. The van der Waals surface area contributed by atoms with Crippen LogP contribution in [0.15, 0.2) is 40.8 Å². The number of carbonyl (C=O) groups is 2. The molecular weight excluding hydrogens is 310 g/mol. The predicted octanol–water partition coefficient (Wildman–Crippen LogP) is 2.75. The predicted molar refractivity (Wildman–Crippen MR) is 90.9 cm³/mol. The summed E-state index contributed by atoms with van der Waals surface area (Å²) >= 11 is 1.56. The summed E-state index contributed by atoms with van der Waals surface area (Å²) in [6.07, 6.45) is 1.69. The molecule has 1 N–H and O–H groups in total. The smallest absolute Gasteiger partial charge is 0.322 e. The van der Waals surface area contributed by atoms with Crippen LogP contribution >= 0.6 is 11.3 Å². The number of carbonyl (C=O) groups excluding carboxylic acids is 2. The van der Waals surface area contributed by atoms with Crippen molar-refractivity contribution in [2.24, 2.45) is 5.92 Å². The van der Waals surface area contributed by atoms with Gasteiger partial charge in [0.25, 0.3) is 5.91 Å². The third kappa shape index (κ3) is 2.79. The number of hydrogen-bond acceptors (Lipinski definition) is 3. The van der Waals surface area contributed by atoms with E-state index in [1.54, 1.807) is 22.3 Å². The van der Waals surface area contributed by atoms with Gasteiger partial charge in [-0.05, 0) is 28.3 Å². The molecular formula is C17H21N3O2S. The monoisotopic (exact) mass is 331 g/mol. The maximum Gasteiger partial charge on any atom is 0.322 e. The van der Waals surface area contributed by atoms with Crippen molar-refractivity contribution >= 4 is 23.3 Å². The number of rotatable bonds is 5. The van der Waals surface area contributed by atoms with Gasteiger partial charge in [-0.3, -0.25) is 9.69 Å². The van der Waals surface area contributed by atoms with Crippen LogP contribution in [0.25, 0.3) is 0 Å². The number of nitrogens with one attached hydrogen (secondary N) is 1. The molecule has 1 unspecified atom stereocenters. The van der Waals surface area contributed by atoms with E-state index in [2.05, 4.69) is 25.7 Å². The van der Waals surface area contributed by atoms with Gasteiger partial charge < -0.3 is 10.2 Å². The maximum atomic E-state index is 12.9. The van der Waals surface area contributed by atoms with Gasteiger partial charge in [-0.25, -0.2) is 4.79 Å². The number of nitrogens with zero attached hydrogens (tertiary/aromatic N) is 2. The van der Waals surface area contributed by atoms with E-state index in [0.717, 1.165) is 11.3 Å². The third-order valence-corrected chi connectivity index (χ3v) is 4.77. The summed E-state index contributed by atoms with van der Waals surface area (Å²) in [5.74, 6) is 0.412. The highest BCUT2D eigenvalue weighted by Gasteiger charge is 2.43. The zero-order valence-electron chi connectivity index (χ0n) is 13.4. The third-order valence-electron chi connectivity index (χ3n) is 4.07. The van der Waals surface area contributed by atoms with Crippen molar-refractivity contribution in [2.45, 2.75) is 19.9 Å². The Bertz CT molecular complexity index is 663. The van der Waals surface area contributed by atoms with E-state index in [4.69, 9.17) is 0 Å². The highest BCUT2D eigenvalue weighted by molar-refractivity contribution is 7.08. The molecule has 3 rings (SSSR count). The fraction of sp³-hybridized carbons (Fsp3) is 0.412. The van der Waals surface area contributed by atoms with E-state index in [9.17, 15) is 9.59 Å². The quantitative estimate of drug-likeness (QED) is 0.844. The van der Waals surface area contributed by atoms with E-state index in [1.165, 1.54) is 0 Å². The second-order valence-electron chi connectivity index (χ2n) is 6.28. The SMILES string of the molecule is C=CCN1C(=O)NC(c2ccsc2)C2=C1CN(CC(C)C)C2=O. The zero-order chi connectivity index (χ0) is 16.6. The fourth-order valence-corrected chi connectivity index (χ4v) is 3.83. The Hall–Kier alpha value is -2.08. The van der Waals surface area contributed by atoms with Crippen LogP contribution in [-0.4, -0.2) is 41.4 Å². The molecule has 5 nitrogen and oxygen atoms in total. The highest BCUT2D eigenvalue weighted by atomic mass is 32.1. The number of hydrogen-bond donors (Lipinski definition) is 1. The van der Waals surface area contributed by atoms with Crippen LogP contribution in [0, 0.1) is 5.92 Å². The van der Waals surface area contributed by atoms with Crippen LogP contribution in [-0.2, 0) is 4.79 Å². The highest BCUT2D eigenvalue weighted by Crippen LogP contribution is 2.37. The lowest BCUT2D eigenvalue weighted by Crippen LogP contribution is -2.47. The van der Waals surface area contributed by atoms with E-state index in [0.29, 0.717) is 31.1 Å². The minimum absolute atomic E-state index is 0.0268. The topological polar surface area (TPSA) is 52.7 Å². The molecule has 2 aliphatic heterocycles. The fourth-order valence-electron chi connectivity index (χ4n) is 3.15. The Kier molecular flexibility index (Phi) is 4.26. The molecule has 1 atom stereocenters. The van der Waals surface area contributed by atoms with Crippen molar-refractivity contribution in [2.75, 3.05) is 19.6 Å². The molecule has 0 saturated carbocycles. The Morgan fingerprint density at radius 1 is 1.48 bits per heavy atom. The lowest BCUT2D eigenvalue weighted by molar-refractivity contribution is -0.126. The van der Waals surface area contributed by atoms with Crippen molar-refractivity contribution < 1.29 is 9.59 Å². The van der Waals surface area contributed by atoms with Crippen molar-refractivity contribution in [3.63, 3.8) is 0 Å². The van der Waals surface area contributed by atoms with Gasteiger partial charge >= 0.3 is 6.03 Å². The molecule has 1 aromatic heterocycles. The molecule has 0 saturated heterocycles. The molecule has 0 bridgehead atoms. The molecule has 122 valence electrons. The summed E-state index contributed by atoms with van der Waals surface area (Å²) < 4.78 is 0. The van der Waals surface area contributed by atoms with Gasteiger partial charge in [-0.2, -0.15) is 11.3 Å². The Morgan fingerprint density at radius 3 is 2.87 bits per heavy atom. The van der Waals surface area contributed by atoms with Crippen LogP contribution in [0.2, 0.25) is 0 Å². The average Bonchev–Trinajstić information content (AvgIpc) is 3.11. The van der Waals surface area contributed by atoms with Crippen molar-refractivity contribution in [3.8, 4) is 0 Å². The van der Waals surface area contributed by atoms with Crippen LogP contribution in [0.5, 0.6) is 0 Å². The Morgan fingerprint density at radius 2 is 2.26 bits per heavy atom. The molecule has 6 heteroatoms. The first-order chi connectivity index (χ1) is 11.0. The molecule has 0 aromatic carbocycles. The standard InChI is InChI=1S/C17H21N3O2S/c1-4-6-20-13-9-19(8-11(2)3)16(21)14(13)15(18-17(20)22)12-5-7-23-10-12/h4-5,7,10-11,15H,1,6,8-9H2,2-3H3,(H,18,22). The summed E-state index contributed by atoms with van der Waals surface area (Å²) in [5, 5.41) is 6.91. The lowest BCUT2D eigenvalue weighted by atomic mass is 9.98. The maximum absolute atomic E-state index is 12.9. The molecule has 23 heavy (non-hydrogen) atoms.